The van der Waals surface area contributed by atoms with Crippen LogP contribution in [0.1, 0.15) is 19.3 Å². The summed E-state index contributed by atoms with van der Waals surface area (Å²) >= 11 is 0. The van der Waals surface area contributed by atoms with Crippen molar-refractivity contribution in [2.75, 3.05) is 64.4 Å². The van der Waals surface area contributed by atoms with Crippen molar-refractivity contribution in [1.29, 1.82) is 0 Å². The molecule has 6 nitrogen and oxygen atoms in total. The molecule has 0 spiro atoms. The van der Waals surface area contributed by atoms with Crippen LogP contribution in [-0.4, -0.2) is 93.4 Å². The van der Waals surface area contributed by atoms with Crippen molar-refractivity contribution in [3.8, 4) is 0 Å². The fourth-order valence-corrected chi connectivity index (χ4v) is 3.51. The average molecular weight is 317 g/mol. The Labute approximate surface area is 128 Å². The molecule has 2 fully saturated rings. The van der Waals surface area contributed by atoms with Crippen LogP contribution in [0.3, 0.4) is 0 Å². The molecular formula is C14H27N3O3S. The average Bonchev–Trinajstić information content (AvgIpc) is 2.46. The summed E-state index contributed by atoms with van der Waals surface area (Å²) in [7, 11) is -2.90. The van der Waals surface area contributed by atoms with Gasteiger partial charge in [0.2, 0.25) is 5.91 Å². The summed E-state index contributed by atoms with van der Waals surface area (Å²) < 4.78 is 22.3. The highest BCUT2D eigenvalue weighted by Gasteiger charge is 2.23. The first-order chi connectivity index (χ1) is 9.94. The second kappa shape index (κ2) is 7.56. The third kappa shape index (κ3) is 5.92. The van der Waals surface area contributed by atoms with Crippen LogP contribution in [-0.2, 0) is 14.6 Å². The molecule has 0 saturated carbocycles. The van der Waals surface area contributed by atoms with E-state index in [-0.39, 0.29) is 11.7 Å². The van der Waals surface area contributed by atoms with E-state index < -0.39 is 9.84 Å². The third-order valence-corrected chi connectivity index (χ3v) is 5.24. The molecule has 0 atom stereocenters. The largest absolute Gasteiger partial charge is 0.339 e. The van der Waals surface area contributed by atoms with E-state index in [1.807, 2.05) is 4.90 Å². The van der Waals surface area contributed by atoms with Crippen LogP contribution < -0.4 is 0 Å². The lowest BCUT2D eigenvalue weighted by molar-refractivity contribution is -0.134. The lowest BCUT2D eigenvalue weighted by Gasteiger charge is -2.36. The standard InChI is InChI=1S/C14H27N3O3S/c1-21(19,20)12-11-15-7-9-17(10-8-15)14(18)13-16-5-3-2-4-6-16/h2-13H2,1H3. The molecule has 2 heterocycles. The molecule has 2 saturated heterocycles. The summed E-state index contributed by atoms with van der Waals surface area (Å²) in [6.45, 7) is 6.20. The molecule has 21 heavy (non-hydrogen) atoms. The number of likely N-dealkylation sites (tertiary alicyclic amines) is 1. The van der Waals surface area contributed by atoms with Gasteiger partial charge in [0, 0.05) is 39.0 Å². The van der Waals surface area contributed by atoms with Crippen LogP contribution in [0.15, 0.2) is 0 Å². The minimum Gasteiger partial charge on any atom is -0.339 e. The van der Waals surface area contributed by atoms with Crippen molar-refractivity contribution in [2.24, 2.45) is 0 Å². The van der Waals surface area contributed by atoms with Gasteiger partial charge in [-0.3, -0.25) is 14.6 Å². The van der Waals surface area contributed by atoms with Gasteiger partial charge in [-0.2, -0.15) is 0 Å². The van der Waals surface area contributed by atoms with Gasteiger partial charge in [0.05, 0.1) is 12.3 Å². The van der Waals surface area contributed by atoms with E-state index in [9.17, 15) is 13.2 Å². The van der Waals surface area contributed by atoms with Gasteiger partial charge in [0.15, 0.2) is 0 Å². The van der Waals surface area contributed by atoms with Gasteiger partial charge in [-0.05, 0) is 25.9 Å². The minimum atomic E-state index is -2.90. The van der Waals surface area contributed by atoms with E-state index in [4.69, 9.17) is 0 Å². The molecule has 2 rings (SSSR count). The molecule has 122 valence electrons. The lowest BCUT2D eigenvalue weighted by atomic mass is 10.1. The zero-order chi connectivity index (χ0) is 15.3. The first-order valence-electron chi connectivity index (χ1n) is 7.84. The highest BCUT2D eigenvalue weighted by Crippen LogP contribution is 2.09. The van der Waals surface area contributed by atoms with Crippen LogP contribution in [0.5, 0.6) is 0 Å². The second-order valence-electron chi connectivity index (χ2n) is 6.19. The van der Waals surface area contributed by atoms with Gasteiger partial charge in [-0.25, -0.2) is 8.42 Å². The zero-order valence-electron chi connectivity index (χ0n) is 13.0. The fraction of sp³-hybridized carbons (Fsp3) is 0.929. The summed E-state index contributed by atoms with van der Waals surface area (Å²) in [6.07, 6.45) is 4.95. The Bertz CT molecular complexity index is 438. The summed E-state index contributed by atoms with van der Waals surface area (Å²) in [5.41, 5.74) is 0. The molecule has 0 N–H and O–H groups in total. The van der Waals surface area contributed by atoms with Crippen LogP contribution in [0.2, 0.25) is 0 Å². The maximum absolute atomic E-state index is 12.3. The SMILES string of the molecule is CS(=O)(=O)CCN1CCN(C(=O)CN2CCCCC2)CC1. The number of carbonyl (C=O) groups excluding carboxylic acids is 1. The van der Waals surface area contributed by atoms with Gasteiger partial charge in [-0.15, -0.1) is 0 Å². The summed E-state index contributed by atoms with van der Waals surface area (Å²) in [5, 5.41) is 0. The lowest BCUT2D eigenvalue weighted by Crippen LogP contribution is -2.52. The van der Waals surface area contributed by atoms with Gasteiger partial charge in [0.1, 0.15) is 9.84 Å². The number of rotatable bonds is 5. The van der Waals surface area contributed by atoms with E-state index >= 15 is 0 Å². The molecule has 0 radical (unpaired) electrons. The monoisotopic (exact) mass is 317 g/mol. The highest BCUT2D eigenvalue weighted by atomic mass is 32.2. The summed E-state index contributed by atoms with van der Waals surface area (Å²) in [4.78, 5) is 18.6. The minimum absolute atomic E-state index is 0.203. The van der Waals surface area contributed by atoms with Gasteiger partial charge >= 0.3 is 0 Å². The van der Waals surface area contributed by atoms with Crippen LogP contribution in [0, 0.1) is 0 Å². The number of nitrogens with zero attached hydrogens (tertiary/aromatic N) is 3. The van der Waals surface area contributed by atoms with Gasteiger partial charge < -0.3 is 4.90 Å². The predicted molar refractivity (Wildman–Crippen MR) is 83.0 cm³/mol. The Balaban J connectivity index is 1.69. The molecule has 2 aliphatic heterocycles. The number of carbonyl (C=O) groups is 1. The van der Waals surface area contributed by atoms with E-state index in [0.717, 1.165) is 39.3 Å². The maximum Gasteiger partial charge on any atom is 0.236 e. The van der Waals surface area contributed by atoms with Crippen molar-refractivity contribution < 1.29 is 13.2 Å². The van der Waals surface area contributed by atoms with Crippen molar-refractivity contribution >= 4 is 15.7 Å². The van der Waals surface area contributed by atoms with E-state index in [1.165, 1.54) is 25.5 Å². The molecule has 0 aromatic carbocycles. The smallest absolute Gasteiger partial charge is 0.236 e. The fourth-order valence-electron chi connectivity index (χ4n) is 2.92. The number of hydrogen-bond donors (Lipinski definition) is 0. The van der Waals surface area contributed by atoms with Gasteiger partial charge in [0.25, 0.3) is 0 Å². The molecule has 7 heteroatoms. The van der Waals surface area contributed by atoms with Crippen molar-refractivity contribution in [3.05, 3.63) is 0 Å². The molecule has 0 bridgehead atoms. The Kier molecular flexibility index (Phi) is 6.01. The Morgan fingerprint density at radius 3 is 2.10 bits per heavy atom. The summed E-state index contributed by atoms with van der Waals surface area (Å²) in [6, 6.07) is 0. The predicted octanol–water partition coefficient (Wildman–Crippen LogP) is -0.339. The zero-order valence-corrected chi connectivity index (χ0v) is 13.8. The Morgan fingerprint density at radius 1 is 0.905 bits per heavy atom. The molecule has 0 unspecified atom stereocenters. The number of sulfone groups is 1. The van der Waals surface area contributed by atoms with Crippen molar-refractivity contribution in [1.82, 2.24) is 14.7 Å². The maximum atomic E-state index is 12.3. The molecule has 0 aromatic rings. The Hall–Kier alpha value is -0.660. The normalized spacial score (nSPS) is 22.4. The van der Waals surface area contributed by atoms with E-state index in [0.29, 0.717) is 13.1 Å². The molecule has 1 amide bonds. The first kappa shape index (κ1) is 16.7. The van der Waals surface area contributed by atoms with Crippen LogP contribution in [0.25, 0.3) is 0 Å². The third-order valence-electron chi connectivity index (χ3n) is 4.31. The summed E-state index contributed by atoms with van der Waals surface area (Å²) in [5.74, 6) is 0.425. The van der Waals surface area contributed by atoms with Crippen LogP contribution in [0.4, 0.5) is 0 Å². The van der Waals surface area contributed by atoms with Gasteiger partial charge in [-0.1, -0.05) is 6.42 Å². The van der Waals surface area contributed by atoms with E-state index in [2.05, 4.69) is 9.80 Å². The number of piperidine rings is 1. The molecule has 0 aliphatic carbocycles. The Morgan fingerprint density at radius 2 is 1.52 bits per heavy atom. The van der Waals surface area contributed by atoms with E-state index in [1.54, 1.807) is 0 Å². The molecule has 2 aliphatic rings. The number of amides is 1. The molecular weight excluding hydrogens is 290 g/mol. The quantitative estimate of drug-likeness (QED) is 0.694. The van der Waals surface area contributed by atoms with Crippen molar-refractivity contribution in [3.63, 3.8) is 0 Å². The highest BCUT2D eigenvalue weighted by molar-refractivity contribution is 7.90. The number of piperazine rings is 1. The molecule has 0 aromatic heterocycles. The van der Waals surface area contributed by atoms with Crippen molar-refractivity contribution in [2.45, 2.75) is 19.3 Å². The first-order valence-corrected chi connectivity index (χ1v) is 9.90. The topological polar surface area (TPSA) is 60.9 Å². The number of hydrogen-bond acceptors (Lipinski definition) is 5. The second-order valence-corrected chi connectivity index (χ2v) is 8.45. The van der Waals surface area contributed by atoms with Crippen LogP contribution >= 0.6 is 0 Å².